The lowest BCUT2D eigenvalue weighted by molar-refractivity contribution is 0.245. The van der Waals surface area contributed by atoms with Gasteiger partial charge in [0.2, 0.25) is 0 Å². The summed E-state index contributed by atoms with van der Waals surface area (Å²) in [5, 5.41) is 13.1. The highest BCUT2D eigenvalue weighted by molar-refractivity contribution is 5.35. The monoisotopic (exact) mass is 220 g/mol. The van der Waals surface area contributed by atoms with Crippen LogP contribution in [0.4, 0.5) is 0 Å². The van der Waals surface area contributed by atoms with Gasteiger partial charge in [-0.2, -0.15) is 0 Å². The molecular formula is C13H20N2O. The number of hydrogen-bond acceptors (Lipinski definition) is 3. The van der Waals surface area contributed by atoms with E-state index < -0.39 is 0 Å². The standard InChI is InChI=1S/C13H20N2O/c1-10-3-4-13(16)11(7-10)9-15(2)12-5-6-14-8-12/h3-4,7,12,14,16H,5-6,8-9H2,1-2H3. The molecule has 0 radical (unpaired) electrons. The van der Waals surface area contributed by atoms with Crippen LogP contribution in [-0.2, 0) is 6.54 Å². The van der Waals surface area contributed by atoms with Crippen molar-refractivity contribution in [3.8, 4) is 5.75 Å². The van der Waals surface area contributed by atoms with E-state index in [1.807, 2.05) is 6.07 Å². The van der Waals surface area contributed by atoms with Crippen LogP contribution in [0.15, 0.2) is 18.2 Å². The summed E-state index contributed by atoms with van der Waals surface area (Å²) in [6.45, 7) is 5.04. The van der Waals surface area contributed by atoms with Crippen molar-refractivity contribution in [1.82, 2.24) is 10.2 Å². The van der Waals surface area contributed by atoms with Gasteiger partial charge in [0.1, 0.15) is 5.75 Å². The second-order valence-electron chi connectivity index (χ2n) is 4.69. The number of hydrogen-bond donors (Lipinski definition) is 2. The van der Waals surface area contributed by atoms with Gasteiger partial charge >= 0.3 is 0 Å². The van der Waals surface area contributed by atoms with Crippen LogP contribution in [0, 0.1) is 6.92 Å². The minimum Gasteiger partial charge on any atom is -0.508 e. The zero-order valence-corrected chi connectivity index (χ0v) is 10.0. The van der Waals surface area contributed by atoms with Crippen LogP contribution in [0.3, 0.4) is 0 Å². The number of phenolic OH excluding ortho intramolecular Hbond substituents is 1. The fourth-order valence-corrected chi connectivity index (χ4v) is 2.25. The van der Waals surface area contributed by atoms with E-state index in [1.54, 1.807) is 6.07 Å². The first-order valence-electron chi connectivity index (χ1n) is 5.86. The number of aryl methyl sites for hydroxylation is 1. The third-order valence-corrected chi connectivity index (χ3v) is 3.31. The maximum absolute atomic E-state index is 9.78. The molecule has 1 aliphatic rings. The van der Waals surface area contributed by atoms with Crippen molar-refractivity contribution in [2.45, 2.75) is 25.9 Å². The van der Waals surface area contributed by atoms with Gasteiger partial charge in [0.25, 0.3) is 0 Å². The van der Waals surface area contributed by atoms with E-state index >= 15 is 0 Å². The Bertz CT molecular complexity index is 359. The summed E-state index contributed by atoms with van der Waals surface area (Å²) in [4.78, 5) is 2.31. The number of rotatable bonds is 3. The summed E-state index contributed by atoms with van der Waals surface area (Å²) >= 11 is 0. The molecule has 1 atom stereocenters. The SMILES string of the molecule is Cc1ccc(O)c(CN(C)C2CCNC2)c1. The second kappa shape index (κ2) is 4.85. The van der Waals surface area contributed by atoms with Crippen molar-refractivity contribution in [1.29, 1.82) is 0 Å². The van der Waals surface area contributed by atoms with Gasteiger partial charge in [0.15, 0.2) is 0 Å². The number of nitrogens with zero attached hydrogens (tertiary/aromatic N) is 1. The van der Waals surface area contributed by atoms with E-state index in [9.17, 15) is 5.11 Å². The molecule has 0 amide bonds. The molecule has 88 valence electrons. The van der Waals surface area contributed by atoms with Gasteiger partial charge in [0, 0.05) is 24.7 Å². The summed E-state index contributed by atoms with van der Waals surface area (Å²) in [6.07, 6.45) is 1.20. The van der Waals surface area contributed by atoms with Gasteiger partial charge in [-0.1, -0.05) is 17.7 Å². The highest BCUT2D eigenvalue weighted by Gasteiger charge is 2.19. The van der Waals surface area contributed by atoms with Gasteiger partial charge < -0.3 is 10.4 Å². The number of phenols is 1. The Labute approximate surface area is 97.1 Å². The molecule has 1 heterocycles. The molecule has 2 rings (SSSR count). The first-order chi connectivity index (χ1) is 7.66. The minimum atomic E-state index is 0.406. The molecule has 3 nitrogen and oxygen atoms in total. The maximum atomic E-state index is 9.78. The normalized spacial score (nSPS) is 20.6. The van der Waals surface area contributed by atoms with Crippen molar-refractivity contribution < 1.29 is 5.11 Å². The molecule has 3 heteroatoms. The zero-order valence-electron chi connectivity index (χ0n) is 10.0. The van der Waals surface area contributed by atoms with Crippen LogP contribution in [0.2, 0.25) is 0 Å². The lowest BCUT2D eigenvalue weighted by Gasteiger charge is -2.23. The molecule has 16 heavy (non-hydrogen) atoms. The minimum absolute atomic E-state index is 0.406. The molecule has 1 fully saturated rings. The molecule has 0 aromatic heterocycles. The molecule has 0 bridgehead atoms. The third kappa shape index (κ3) is 2.54. The average Bonchev–Trinajstić information content (AvgIpc) is 2.76. The highest BCUT2D eigenvalue weighted by atomic mass is 16.3. The first kappa shape index (κ1) is 11.4. The van der Waals surface area contributed by atoms with Crippen LogP contribution in [0.25, 0.3) is 0 Å². The molecule has 0 saturated carbocycles. The van der Waals surface area contributed by atoms with E-state index in [0.29, 0.717) is 11.8 Å². The molecule has 1 saturated heterocycles. The Morgan fingerprint density at radius 1 is 1.50 bits per heavy atom. The Kier molecular flexibility index (Phi) is 3.46. The van der Waals surface area contributed by atoms with Gasteiger partial charge in [-0.3, -0.25) is 4.90 Å². The van der Waals surface area contributed by atoms with Crippen LogP contribution >= 0.6 is 0 Å². The average molecular weight is 220 g/mol. The number of likely N-dealkylation sites (N-methyl/N-ethyl adjacent to an activating group) is 1. The first-order valence-corrected chi connectivity index (χ1v) is 5.86. The Balaban J connectivity index is 2.04. The highest BCUT2D eigenvalue weighted by Crippen LogP contribution is 2.21. The summed E-state index contributed by atoms with van der Waals surface area (Å²) in [5.74, 6) is 0.406. The predicted octanol–water partition coefficient (Wildman–Crippen LogP) is 1.49. The van der Waals surface area contributed by atoms with E-state index in [1.165, 1.54) is 12.0 Å². The molecule has 1 aromatic rings. The maximum Gasteiger partial charge on any atom is 0.120 e. The summed E-state index contributed by atoms with van der Waals surface area (Å²) < 4.78 is 0. The van der Waals surface area contributed by atoms with Crippen LogP contribution in [0.1, 0.15) is 17.5 Å². The molecule has 0 spiro atoms. The number of benzene rings is 1. The van der Waals surface area contributed by atoms with Crippen molar-refractivity contribution >= 4 is 0 Å². The predicted molar refractivity (Wildman–Crippen MR) is 65.6 cm³/mol. The number of aromatic hydroxyl groups is 1. The molecular weight excluding hydrogens is 200 g/mol. The fourth-order valence-electron chi connectivity index (χ4n) is 2.25. The quantitative estimate of drug-likeness (QED) is 0.810. The van der Waals surface area contributed by atoms with Crippen LogP contribution < -0.4 is 5.32 Å². The lowest BCUT2D eigenvalue weighted by Crippen LogP contribution is -2.32. The Morgan fingerprint density at radius 3 is 3.00 bits per heavy atom. The number of nitrogens with one attached hydrogen (secondary N) is 1. The molecule has 1 aliphatic heterocycles. The van der Waals surface area contributed by atoms with Crippen molar-refractivity contribution in [3.05, 3.63) is 29.3 Å². The third-order valence-electron chi connectivity index (χ3n) is 3.31. The summed E-state index contributed by atoms with van der Waals surface area (Å²) in [7, 11) is 2.12. The second-order valence-corrected chi connectivity index (χ2v) is 4.69. The van der Waals surface area contributed by atoms with E-state index in [0.717, 1.165) is 25.2 Å². The largest absolute Gasteiger partial charge is 0.508 e. The van der Waals surface area contributed by atoms with E-state index in [2.05, 4.69) is 30.3 Å². The Morgan fingerprint density at radius 2 is 2.31 bits per heavy atom. The summed E-state index contributed by atoms with van der Waals surface area (Å²) in [5.41, 5.74) is 2.22. The molecule has 0 aliphatic carbocycles. The topological polar surface area (TPSA) is 35.5 Å². The van der Waals surface area contributed by atoms with Crippen LogP contribution in [0.5, 0.6) is 5.75 Å². The van der Waals surface area contributed by atoms with Crippen LogP contribution in [-0.4, -0.2) is 36.2 Å². The van der Waals surface area contributed by atoms with Crippen molar-refractivity contribution in [3.63, 3.8) is 0 Å². The van der Waals surface area contributed by atoms with Gasteiger partial charge in [0.05, 0.1) is 0 Å². The molecule has 1 aromatic carbocycles. The summed E-state index contributed by atoms with van der Waals surface area (Å²) in [6, 6.07) is 6.38. The van der Waals surface area contributed by atoms with Gasteiger partial charge in [-0.15, -0.1) is 0 Å². The van der Waals surface area contributed by atoms with Crippen molar-refractivity contribution in [2.75, 3.05) is 20.1 Å². The van der Waals surface area contributed by atoms with E-state index in [4.69, 9.17) is 0 Å². The molecule has 2 N–H and O–H groups in total. The lowest BCUT2D eigenvalue weighted by atomic mass is 10.1. The van der Waals surface area contributed by atoms with Crippen molar-refractivity contribution in [2.24, 2.45) is 0 Å². The van der Waals surface area contributed by atoms with Gasteiger partial charge in [-0.05, 0) is 33.0 Å². The zero-order chi connectivity index (χ0) is 11.5. The fraction of sp³-hybridized carbons (Fsp3) is 0.538. The smallest absolute Gasteiger partial charge is 0.120 e. The van der Waals surface area contributed by atoms with Gasteiger partial charge in [-0.25, -0.2) is 0 Å². The Hall–Kier alpha value is -1.06. The molecule has 1 unspecified atom stereocenters. The van der Waals surface area contributed by atoms with E-state index in [-0.39, 0.29) is 0 Å².